The van der Waals surface area contributed by atoms with E-state index in [0.29, 0.717) is 5.95 Å². The Hall–Kier alpha value is -6.82. The van der Waals surface area contributed by atoms with E-state index in [2.05, 4.69) is 179 Å². The van der Waals surface area contributed by atoms with E-state index in [1.807, 2.05) is 0 Å². The second-order valence-electron chi connectivity index (χ2n) is 13.8. The standard InChI is InChI=1S/C48H28N4S/c1-2-14-31(15-3-1)44-47-45(37-25-22-30-13-5-7-17-34(30)46(37)53-47)50-48(49-44)52-41-27-24-32(28-38(41)43-33-16-6-4-12-29(33)23-26-42(43)52)51-39-20-10-8-18-35(39)36-19-9-11-21-40(36)51/h1-28H. The van der Waals surface area contributed by atoms with Gasteiger partial charge in [-0.05, 0) is 57.9 Å². The van der Waals surface area contributed by atoms with Crippen molar-refractivity contribution in [2.75, 3.05) is 0 Å². The molecule has 5 heteroatoms. The van der Waals surface area contributed by atoms with E-state index in [9.17, 15) is 0 Å². The Kier molecular flexibility index (Phi) is 5.90. The quantitative estimate of drug-likeness (QED) is 0.185. The first-order valence-corrected chi connectivity index (χ1v) is 18.7. The van der Waals surface area contributed by atoms with Crippen LogP contribution in [0.25, 0.3) is 108 Å². The minimum absolute atomic E-state index is 0.670. The average molecular weight is 693 g/mol. The Labute approximate surface area is 307 Å². The second kappa shape index (κ2) is 10.8. The molecule has 246 valence electrons. The van der Waals surface area contributed by atoms with Crippen LogP contribution in [0.3, 0.4) is 0 Å². The zero-order valence-electron chi connectivity index (χ0n) is 28.4. The average Bonchev–Trinajstić information content (AvgIpc) is 3.88. The zero-order valence-corrected chi connectivity index (χ0v) is 29.2. The largest absolute Gasteiger partial charge is 0.309 e. The van der Waals surface area contributed by atoms with Gasteiger partial charge in [0.05, 0.1) is 38.0 Å². The molecule has 0 fully saturated rings. The van der Waals surface area contributed by atoms with Crippen molar-refractivity contribution >= 4 is 96.8 Å². The fourth-order valence-electron chi connectivity index (χ4n) is 8.58. The Morgan fingerprint density at radius 1 is 0.396 bits per heavy atom. The van der Waals surface area contributed by atoms with Crippen LogP contribution in [0.1, 0.15) is 0 Å². The first-order chi connectivity index (χ1) is 26.3. The fourth-order valence-corrected chi connectivity index (χ4v) is 9.87. The summed E-state index contributed by atoms with van der Waals surface area (Å²) >= 11 is 1.79. The molecule has 8 aromatic carbocycles. The summed E-state index contributed by atoms with van der Waals surface area (Å²) in [6, 6.07) is 61.1. The highest BCUT2D eigenvalue weighted by Gasteiger charge is 2.22. The van der Waals surface area contributed by atoms with Crippen molar-refractivity contribution in [1.29, 1.82) is 0 Å². The van der Waals surface area contributed by atoms with Gasteiger partial charge < -0.3 is 4.57 Å². The molecule has 4 aromatic heterocycles. The van der Waals surface area contributed by atoms with Crippen LogP contribution in [0.4, 0.5) is 0 Å². The maximum absolute atomic E-state index is 5.49. The molecule has 4 nitrogen and oxygen atoms in total. The molecule has 0 bridgehead atoms. The molecule has 0 N–H and O–H groups in total. The smallest absolute Gasteiger partial charge is 0.235 e. The van der Waals surface area contributed by atoms with E-state index in [0.717, 1.165) is 43.6 Å². The summed E-state index contributed by atoms with van der Waals surface area (Å²) in [7, 11) is 0. The number of para-hydroxylation sites is 2. The molecule has 0 amide bonds. The molecule has 0 aliphatic heterocycles. The van der Waals surface area contributed by atoms with E-state index in [4.69, 9.17) is 9.97 Å². The third-order valence-electron chi connectivity index (χ3n) is 10.9. The van der Waals surface area contributed by atoms with E-state index in [-0.39, 0.29) is 0 Å². The number of hydrogen-bond donors (Lipinski definition) is 0. The van der Waals surface area contributed by atoms with Crippen LogP contribution in [-0.2, 0) is 0 Å². The predicted molar refractivity (Wildman–Crippen MR) is 224 cm³/mol. The van der Waals surface area contributed by atoms with Crippen molar-refractivity contribution in [3.05, 3.63) is 170 Å². The molecule has 0 saturated carbocycles. The molecule has 12 rings (SSSR count). The molecule has 0 unspecified atom stereocenters. The number of fused-ring (bicyclic) bond motifs is 13. The molecule has 4 heterocycles. The van der Waals surface area contributed by atoms with Gasteiger partial charge in [-0.2, -0.15) is 0 Å². The molecule has 0 atom stereocenters. The lowest BCUT2D eigenvalue weighted by molar-refractivity contribution is 1.02. The summed E-state index contributed by atoms with van der Waals surface area (Å²) in [4.78, 5) is 11.0. The van der Waals surface area contributed by atoms with Crippen LogP contribution in [0.2, 0.25) is 0 Å². The Bertz CT molecular complexity index is 3410. The van der Waals surface area contributed by atoms with Gasteiger partial charge in [0.15, 0.2) is 0 Å². The van der Waals surface area contributed by atoms with Crippen LogP contribution in [0.5, 0.6) is 0 Å². The first-order valence-electron chi connectivity index (χ1n) is 17.9. The Morgan fingerprint density at radius 2 is 1.00 bits per heavy atom. The summed E-state index contributed by atoms with van der Waals surface area (Å²) in [6.07, 6.45) is 0. The minimum atomic E-state index is 0.670. The number of aromatic nitrogens is 4. The highest BCUT2D eigenvalue weighted by atomic mass is 32.1. The van der Waals surface area contributed by atoms with E-state index >= 15 is 0 Å². The lowest BCUT2D eigenvalue weighted by Gasteiger charge is -2.11. The molecule has 0 aliphatic carbocycles. The predicted octanol–water partition coefficient (Wildman–Crippen LogP) is 13.0. The molecular weight excluding hydrogens is 665 g/mol. The normalized spacial score (nSPS) is 12.2. The van der Waals surface area contributed by atoms with Gasteiger partial charge in [-0.15, -0.1) is 11.3 Å². The van der Waals surface area contributed by atoms with Gasteiger partial charge in [-0.25, -0.2) is 9.97 Å². The summed E-state index contributed by atoms with van der Waals surface area (Å²) in [6.45, 7) is 0. The summed E-state index contributed by atoms with van der Waals surface area (Å²) in [5, 5.41) is 10.9. The van der Waals surface area contributed by atoms with Gasteiger partial charge in [-0.3, -0.25) is 4.57 Å². The number of hydrogen-bond acceptors (Lipinski definition) is 3. The van der Waals surface area contributed by atoms with Crippen molar-refractivity contribution in [1.82, 2.24) is 19.1 Å². The van der Waals surface area contributed by atoms with Crippen molar-refractivity contribution in [3.63, 3.8) is 0 Å². The van der Waals surface area contributed by atoms with Gasteiger partial charge in [0.2, 0.25) is 5.95 Å². The van der Waals surface area contributed by atoms with E-state index < -0.39 is 0 Å². The number of thiophene rings is 1. The number of rotatable bonds is 3. The van der Waals surface area contributed by atoms with Crippen LogP contribution in [0, 0.1) is 0 Å². The molecule has 0 saturated heterocycles. The van der Waals surface area contributed by atoms with Crippen LogP contribution in [0.15, 0.2) is 170 Å². The third-order valence-corrected chi connectivity index (χ3v) is 12.2. The lowest BCUT2D eigenvalue weighted by atomic mass is 10.0. The highest BCUT2D eigenvalue weighted by molar-refractivity contribution is 7.27. The highest BCUT2D eigenvalue weighted by Crippen LogP contribution is 2.44. The van der Waals surface area contributed by atoms with Gasteiger partial charge in [0.1, 0.15) is 0 Å². The van der Waals surface area contributed by atoms with Crippen molar-refractivity contribution in [2.45, 2.75) is 0 Å². The summed E-state index contributed by atoms with van der Waals surface area (Å²) in [5.74, 6) is 0.670. The summed E-state index contributed by atoms with van der Waals surface area (Å²) < 4.78 is 7.02. The zero-order chi connectivity index (χ0) is 34.6. The number of benzene rings is 8. The molecular formula is C48H28N4S. The third kappa shape index (κ3) is 4.05. The molecule has 0 aliphatic rings. The summed E-state index contributed by atoms with van der Waals surface area (Å²) in [5.41, 5.74) is 8.69. The lowest BCUT2D eigenvalue weighted by Crippen LogP contribution is -2.03. The SMILES string of the molecule is c1ccc(-c2nc(-n3c4ccc(-n5c6ccccc6c6ccccc65)cc4c4c5ccccc5ccc43)nc3c2sc2c4ccccc4ccc32)cc1. The molecule has 53 heavy (non-hydrogen) atoms. The maximum atomic E-state index is 5.49. The molecule has 12 aromatic rings. The first kappa shape index (κ1) is 28.8. The van der Waals surface area contributed by atoms with Gasteiger partial charge in [0.25, 0.3) is 0 Å². The Morgan fingerprint density at radius 3 is 1.77 bits per heavy atom. The number of nitrogens with zero attached hydrogens (tertiary/aromatic N) is 4. The van der Waals surface area contributed by atoms with Gasteiger partial charge >= 0.3 is 0 Å². The maximum Gasteiger partial charge on any atom is 0.235 e. The fraction of sp³-hybridized carbons (Fsp3) is 0. The van der Waals surface area contributed by atoms with E-state index in [1.54, 1.807) is 11.3 Å². The monoisotopic (exact) mass is 692 g/mol. The van der Waals surface area contributed by atoms with Crippen LogP contribution in [-0.4, -0.2) is 19.1 Å². The Balaban J connectivity index is 1.21. The van der Waals surface area contributed by atoms with Crippen LogP contribution < -0.4 is 0 Å². The molecule has 0 radical (unpaired) electrons. The van der Waals surface area contributed by atoms with Gasteiger partial charge in [0, 0.05) is 42.9 Å². The van der Waals surface area contributed by atoms with Crippen molar-refractivity contribution in [2.24, 2.45) is 0 Å². The topological polar surface area (TPSA) is 35.6 Å². The van der Waals surface area contributed by atoms with Crippen LogP contribution >= 0.6 is 11.3 Å². The second-order valence-corrected chi connectivity index (χ2v) is 14.8. The van der Waals surface area contributed by atoms with Crippen molar-refractivity contribution in [3.8, 4) is 22.9 Å². The minimum Gasteiger partial charge on any atom is -0.309 e. The van der Waals surface area contributed by atoms with Gasteiger partial charge in [-0.1, -0.05) is 133 Å². The van der Waals surface area contributed by atoms with E-state index in [1.165, 1.54) is 58.8 Å². The molecule has 0 spiro atoms. The van der Waals surface area contributed by atoms with Crippen molar-refractivity contribution < 1.29 is 0 Å².